The minimum atomic E-state index is 0.117. The van der Waals surface area contributed by atoms with Crippen molar-refractivity contribution in [3.05, 3.63) is 23.0 Å². The van der Waals surface area contributed by atoms with Crippen molar-refractivity contribution in [3.63, 3.8) is 0 Å². The van der Waals surface area contributed by atoms with Crippen LogP contribution < -0.4 is 5.32 Å². The summed E-state index contributed by atoms with van der Waals surface area (Å²) in [6.45, 7) is 1.63. The third-order valence-electron chi connectivity index (χ3n) is 3.86. The van der Waals surface area contributed by atoms with Crippen LogP contribution in [0.4, 0.5) is 0 Å². The second kappa shape index (κ2) is 4.59. The van der Waals surface area contributed by atoms with Crippen LogP contribution in [-0.4, -0.2) is 41.6 Å². The topological polar surface area (TPSA) is 37.3 Å². The quantitative estimate of drug-likeness (QED) is 0.908. The van der Waals surface area contributed by atoms with Crippen molar-refractivity contribution >= 4 is 17.5 Å². The lowest BCUT2D eigenvalue weighted by Gasteiger charge is -2.17. The zero-order valence-electron chi connectivity index (χ0n) is 10.5. The summed E-state index contributed by atoms with van der Waals surface area (Å²) in [7, 11) is 1.95. The highest BCUT2D eigenvalue weighted by molar-refractivity contribution is 6.31. The van der Waals surface area contributed by atoms with Crippen molar-refractivity contribution in [1.82, 2.24) is 14.8 Å². The van der Waals surface area contributed by atoms with E-state index in [1.165, 1.54) is 0 Å². The minimum absolute atomic E-state index is 0.117. The molecule has 0 aromatic carbocycles. The summed E-state index contributed by atoms with van der Waals surface area (Å²) in [6.07, 6.45) is 5.23. The highest BCUT2D eigenvalue weighted by Gasteiger charge is 2.32. The molecule has 1 aliphatic carbocycles. The molecule has 1 amide bonds. The molecule has 1 saturated carbocycles. The Kier molecular flexibility index (Phi) is 3.08. The summed E-state index contributed by atoms with van der Waals surface area (Å²) in [4.78, 5) is 14.4. The third kappa shape index (κ3) is 2.15. The number of likely N-dealkylation sites (tertiary alicyclic amines) is 1. The lowest BCUT2D eigenvalue weighted by Crippen LogP contribution is -2.34. The second-order valence-corrected chi connectivity index (χ2v) is 5.64. The number of nitrogens with one attached hydrogen (secondary N) is 1. The first-order valence-electron chi connectivity index (χ1n) is 6.53. The van der Waals surface area contributed by atoms with Crippen molar-refractivity contribution in [2.75, 3.05) is 20.1 Å². The van der Waals surface area contributed by atoms with Gasteiger partial charge in [-0.1, -0.05) is 11.6 Å². The van der Waals surface area contributed by atoms with E-state index in [-0.39, 0.29) is 5.91 Å². The zero-order valence-corrected chi connectivity index (χ0v) is 11.3. The Bertz CT molecular complexity index is 467. The normalized spacial score (nSPS) is 23.7. The maximum atomic E-state index is 12.5. The van der Waals surface area contributed by atoms with Crippen LogP contribution in [0.2, 0.25) is 5.02 Å². The molecule has 1 N–H and O–H groups in total. The minimum Gasteiger partial charge on any atom is -0.339 e. The van der Waals surface area contributed by atoms with Crippen molar-refractivity contribution in [2.24, 2.45) is 0 Å². The van der Waals surface area contributed by atoms with Gasteiger partial charge in [-0.3, -0.25) is 4.79 Å². The number of aromatic nitrogens is 1. The largest absolute Gasteiger partial charge is 0.339 e. The summed E-state index contributed by atoms with van der Waals surface area (Å²) >= 11 is 6.04. The molecule has 2 fully saturated rings. The van der Waals surface area contributed by atoms with Crippen LogP contribution in [0.25, 0.3) is 0 Å². The molecule has 2 aliphatic rings. The van der Waals surface area contributed by atoms with E-state index >= 15 is 0 Å². The Morgan fingerprint density at radius 2 is 2.22 bits per heavy atom. The number of nitrogens with zero attached hydrogens (tertiary/aromatic N) is 2. The SMILES string of the molecule is CNC1CCN(C(=O)c2cc(Cl)cn2C2CC2)C1. The lowest BCUT2D eigenvalue weighted by molar-refractivity contribution is 0.0779. The van der Waals surface area contributed by atoms with Crippen molar-refractivity contribution < 1.29 is 4.79 Å². The summed E-state index contributed by atoms with van der Waals surface area (Å²) < 4.78 is 2.05. The zero-order chi connectivity index (χ0) is 12.7. The highest BCUT2D eigenvalue weighted by atomic mass is 35.5. The molecule has 98 valence electrons. The third-order valence-corrected chi connectivity index (χ3v) is 4.06. The van der Waals surface area contributed by atoms with Gasteiger partial charge in [-0.25, -0.2) is 0 Å². The number of rotatable bonds is 3. The average Bonchev–Trinajstić information content (AvgIpc) is 2.97. The smallest absolute Gasteiger partial charge is 0.270 e. The van der Waals surface area contributed by atoms with Gasteiger partial charge in [0.2, 0.25) is 0 Å². The molecule has 0 bridgehead atoms. The molecule has 1 atom stereocenters. The number of amides is 1. The van der Waals surface area contributed by atoms with Crippen LogP contribution in [-0.2, 0) is 0 Å². The van der Waals surface area contributed by atoms with E-state index in [1.54, 1.807) is 6.07 Å². The highest BCUT2D eigenvalue weighted by Crippen LogP contribution is 2.37. The summed E-state index contributed by atoms with van der Waals surface area (Å²) in [5, 5.41) is 3.89. The van der Waals surface area contributed by atoms with Crippen molar-refractivity contribution in [1.29, 1.82) is 0 Å². The van der Waals surface area contributed by atoms with E-state index in [0.29, 0.717) is 17.1 Å². The molecule has 18 heavy (non-hydrogen) atoms. The van der Waals surface area contributed by atoms with Crippen LogP contribution >= 0.6 is 11.6 Å². The first-order chi connectivity index (χ1) is 8.69. The maximum absolute atomic E-state index is 12.5. The molecule has 0 spiro atoms. The van der Waals surface area contributed by atoms with Gasteiger partial charge in [0, 0.05) is 31.4 Å². The molecular formula is C13H18ClN3O. The fourth-order valence-corrected chi connectivity index (χ4v) is 2.82. The van der Waals surface area contributed by atoms with Gasteiger partial charge in [0.15, 0.2) is 0 Å². The monoisotopic (exact) mass is 267 g/mol. The van der Waals surface area contributed by atoms with Gasteiger partial charge in [0.1, 0.15) is 5.69 Å². The second-order valence-electron chi connectivity index (χ2n) is 5.21. The Balaban J connectivity index is 1.80. The predicted molar refractivity (Wildman–Crippen MR) is 71.1 cm³/mol. The molecule has 4 nitrogen and oxygen atoms in total. The van der Waals surface area contributed by atoms with Gasteiger partial charge in [-0.05, 0) is 32.4 Å². The Labute approximate surface area is 112 Å². The fourth-order valence-electron chi connectivity index (χ4n) is 2.61. The number of carbonyl (C=O) groups excluding carboxylic acids is 1. The molecule has 1 aromatic heterocycles. The van der Waals surface area contributed by atoms with Crippen LogP contribution in [0.3, 0.4) is 0 Å². The first-order valence-corrected chi connectivity index (χ1v) is 6.90. The molecule has 1 aliphatic heterocycles. The molecule has 0 radical (unpaired) electrons. The number of halogens is 1. The van der Waals surface area contributed by atoms with Gasteiger partial charge >= 0.3 is 0 Å². The number of hydrogen-bond donors (Lipinski definition) is 1. The number of likely N-dealkylation sites (N-methyl/N-ethyl adjacent to an activating group) is 1. The summed E-state index contributed by atoms with van der Waals surface area (Å²) in [5.41, 5.74) is 0.749. The Morgan fingerprint density at radius 1 is 1.44 bits per heavy atom. The van der Waals surface area contributed by atoms with E-state index in [0.717, 1.165) is 38.0 Å². The Hall–Kier alpha value is -1.00. The van der Waals surface area contributed by atoms with Crippen LogP contribution in [0.15, 0.2) is 12.3 Å². The van der Waals surface area contributed by atoms with Crippen LogP contribution in [0, 0.1) is 0 Å². The standard InChI is InChI=1S/C13H18ClN3O/c1-15-10-4-5-16(8-10)13(18)12-6-9(14)7-17(12)11-2-3-11/h6-7,10-11,15H,2-5,8H2,1H3. The van der Waals surface area contributed by atoms with Crippen LogP contribution in [0.1, 0.15) is 35.8 Å². The lowest BCUT2D eigenvalue weighted by atomic mass is 10.3. The maximum Gasteiger partial charge on any atom is 0.270 e. The summed E-state index contributed by atoms with van der Waals surface area (Å²) in [5.74, 6) is 0.117. The van der Waals surface area contributed by atoms with Crippen molar-refractivity contribution in [2.45, 2.75) is 31.3 Å². The van der Waals surface area contributed by atoms with Gasteiger partial charge in [-0.15, -0.1) is 0 Å². The number of carbonyl (C=O) groups is 1. The van der Waals surface area contributed by atoms with E-state index < -0.39 is 0 Å². The van der Waals surface area contributed by atoms with Crippen LogP contribution in [0.5, 0.6) is 0 Å². The average molecular weight is 268 g/mol. The summed E-state index contributed by atoms with van der Waals surface area (Å²) in [6, 6.07) is 2.71. The van der Waals surface area contributed by atoms with E-state index in [4.69, 9.17) is 11.6 Å². The molecule has 1 saturated heterocycles. The van der Waals surface area contributed by atoms with Gasteiger partial charge < -0.3 is 14.8 Å². The van der Waals surface area contributed by atoms with Gasteiger partial charge in [-0.2, -0.15) is 0 Å². The predicted octanol–water partition coefficient (Wildman–Crippen LogP) is 1.91. The molecule has 3 rings (SSSR count). The number of hydrogen-bond acceptors (Lipinski definition) is 2. The van der Waals surface area contributed by atoms with Gasteiger partial charge in [0.25, 0.3) is 5.91 Å². The van der Waals surface area contributed by atoms with E-state index in [9.17, 15) is 4.79 Å². The molecule has 1 unspecified atom stereocenters. The van der Waals surface area contributed by atoms with Gasteiger partial charge in [0.05, 0.1) is 5.02 Å². The van der Waals surface area contributed by atoms with E-state index in [1.807, 2.05) is 18.1 Å². The molecule has 2 heterocycles. The molecular weight excluding hydrogens is 250 g/mol. The van der Waals surface area contributed by atoms with Crippen molar-refractivity contribution in [3.8, 4) is 0 Å². The first kappa shape index (κ1) is 12.1. The molecule has 1 aromatic rings. The Morgan fingerprint density at radius 3 is 2.83 bits per heavy atom. The molecule has 5 heteroatoms. The fraction of sp³-hybridized carbons (Fsp3) is 0.615. The van der Waals surface area contributed by atoms with E-state index in [2.05, 4.69) is 9.88 Å².